The summed E-state index contributed by atoms with van der Waals surface area (Å²) in [6.45, 7) is 1.17. The summed E-state index contributed by atoms with van der Waals surface area (Å²) in [5, 5.41) is 18.3. The van der Waals surface area contributed by atoms with Gasteiger partial charge in [-0.25, -0.2) is 4.42 Å². The molecule has 2 aromatic rings. The molecule has 2 rings (SSSR count). The van der Waals surface area contributed by atoms with Gasteiger partial charge >= 0.3 is 0 Å². The van der Waals surface area contributed by atoms with Gasteiger partial charge in [0.05, 0.1) is 24.8 Å². The van der Waals surface area contributed by atoms with E-state index in [0.717, 1.165) is 0 Å². The quantitative estimate of drug-likeness (QED) is 0.210. The molecule has 1 amide bonds. The molecule has 10 nitrogen and oxygen atoms in total. The van der Waals surface area contributed by atoms with Crippen molar-refractivity contribution in [2.75, 3.05) is 18.6 Å². The number of nitro groups is 1. The van der Waals surface area contributed by atoms with Crippen LogP contribution in [-0.4, -0.2) is 36.9 Å². The highest BCUT2D eigenvalue weighted by molar-refractivity contribution is 6.39. The first-order valence-electron chi connectivity index (χ1n) is 8.16. The van der Waals surface area contributed by atoms with Crippen LogP contribution in [0.4, 0.5) is 17.1 Å². The molecule has 0 bridgehead atoms. The van der Waals surface area contributed by atoms with Gasteiger partial charge < -0.3 is 9.47 Å². The third kappa shape index (κ3) is 5.05. The van der Waals surface area contributed by atoms with E-state index in [1.54, 1.807) is 18.2 Å². The van der Waals surface area contributed by atoms with E-state index in [0.29, 0.717) is 4.42 Å². The van der Waals surface area contributed by atoms with Crippen LogP contribution in [0.15, 0.2) is 52.7 Å². The minimum atomic E-state index is -1.53. The zero-order valence-corrected chi connectivity index (χ0v) is 16.5. The maximum absolute atomic E-state index is 12.8. The molecule has 29 heavy (non-hydrogen) atoms. The number of ether oxygens (including phenoxy) is 2. The molecule has 1 atom stereocenters. The summed E-state index contributed by atoms with van der Waals surface area (Å²) in [6, 6.07) is 8.39. The van der Waals surface area contributed by atoms with Crippen LogP contribution >= 0.6 is 11.8 Å². The highest BCUT2D eigenvalue weighted by atomic mass is 35.5. The first-order chi connectivity index (χ1) is 13.8. The number of halogens is 1. The van der Waals surface area contributed by atoms with Crippen LogP contribution in [0.3, 0.4) is 0 Å². The Bertz CT molecular complexity index is 926. The summed E-state index contributed by atoms with van der Waals surface area (Å²) in [5.74, 6) is -0.961. The molecule has 0 aliphatic carbocycles. The van der Waals surface area contributed by atoms with Crippen molar-refractivity contribution in [3.8, 4) is 11.5 Å². The van der Waals surface area contributed by atoms with Gasteiger partial charge in [-0.05, 0) is 31.2 Å². The molecule has 11 heteroatoms. The summed E-state index contributed by atoms with van der Waals surface area (Å²) >= 11 is 6.20. The number of carbonyl (C=O) groups excluding carboxylic acids is 2. The molecule has 0 N–H and O–H groups in total. The lowest BCUT2D eigenvalue weighted by atomic mass is 10.2. The predicted octanol–water partition coefficient (Wildman–Crippen LogP) is 3.84. The number of benzene rings is 2. The molecule has 152 valence electrons. The van der Waals surface area contributed by atoms with Crippen molar-refractivity contribution in [2.45, 2.75) is 13.0 Å². The van der Waals surface area contributed by atoms with E-state index in [9.17, 15) is 19.7 Å². The lowest BCUT2D eigenvalue weighted by Crippen LogP contribution is -2.36. The zero-order valence-electron chi connectivity index (χ0n) is 15.7. The smallest absolute Gasteiger partial charge is 0.276 e. The lowest BCUT2D eigenvalue weighted by molar-refractivity contribution is -0.384. The van der Waals surface area contributed by atoms with Crippen molar-refractivity contribution in [3.05, 3.63) is 52.6 Å². The number of nitro benzene ring substituents is 1. The molecule has 2 aromatic carbocycles. The number of carbonyl (C=O) groups is 2. The third-order valence-electron chi connectivity index (χ3n) is 3.76. The molecule has 0 aliphatic heterocycles. The number of hydrogen-bond donors (Lipinski definition) is 0. The standard InChI is InChI=1S/C18H17ClN4O6/c1-11(24)16(21-20-12-7-9-13(10-8-12)23(26)27)18(25)22(19)17-14(28-2)5-4-6-15(17)29-3/h4-10,16H,1-3H3. The van der Waals surface area contributed by atoms with E-state index in [2.05, 4.69) is 10.2 Å². The summed E-state index contributed by atoms with van der Waals surface area (Å²) < 4.78 is 11.1. The minimum Gasteiger partial charge on any atom is -0.494 e. The number of para-hydroxylation sites is 1. The number of amides is 1. The average molecular weight is 421 g/mol. The highest BCUT2D eigenvalue weighted by Crippen LogP contribution is 2.39. The molecule has 0 aromatic heterocycles. The van der Waals surface area contributed by atoms with Gasteiger partial charge in [-0.3, -0.25) is 19.7 Å². The van der Waals surface area contributed by atoms with E-state index in [1.165, 1.54) is 45.4 Å². The Hall–Kier alpha value is -3.53. The van der Waals surface area contributed by atoms with Crippen LogP contribution in [0.5, 0.6) is 11.5 Å². The Kier molecular flexibility index (Phi) is 7.21. The van der Waals surface area contributed by atoms with Crippen molar-refractivity contribution in [1.29, 1.82) is 0 Å². The summed E-state index contributed by atoms with van der Waals surface area (Å²) in [5.41, 5.74) is 0.213. The lowest BCUT2D eigenvalue weighted by Gasteiger charge is -2.21. The van der Waals surface area contributed by atoms with Crippen LogP contribution < -0.4 is 13.9 Å². The van der Waals surface area contributed by atoms with Crippen molar-refractivity contribution in [3.63, 3.8) is 0 Å². The van der Waals surface area contributed by atoms with Gasteiger partial charge in [0.15, 0.2) is 5.78 Å². The normalized spacial score (nSPS) is 11.7. The fourth-order valence-corrected chi connectivity index (χ4v) is 2.57. The first-order valence-corrected chi connectivity index (χ1v) is 8.50. The second-order valence-corrected chi connectivity index (χ2v) is 5.97. The predicted molar refractivity (Wildman–Crippen MR) is 105 cm³/mol. The monoisotopic (exact) mass is 420 g/mol. The molecule has 0 radical (unpaired) electrons. The van der Waals surface area contributed by atoms with E-state index in [4.69, 9.17) is 21.3 Å². The Morgan fingerprint density at radius 1 is 1.10 bits per heavy atom. The number of Topliss-reactive ketones (excluding diaryl/α,β-unsaturated/α-hetero) is 1. The fraction of sp³-hybridized carbons (Fsp3) is 0.222. The molecule has 0 saturated heterocycles. The number of rotatable bonds is 8. The van der Waals surface area contributed by atoms with E-state index < -0.39 is 22.7 Å². The van der Waals surface area contributed by atoms with Crippen LogP contribution in [0.1, 0.15) is 6.92 Å². The van der Waals surface area contributed by atoms with Crippen LogP contribution in [-0.2, 0) is 9.59 Å². The van der Waals surface area contributed by atoms with Crippen LogP contribution in [0.2, 0.25) is 0 Å². The number of non-ortho nitro benzene ring substituents is 1. The van der Waals surface area contributed by atoms with Gasteiger partial charge in [0.25, 0.3) is 11.6 Å². The van der Waals surface area contributed by atoms with E-state index in [1.807, 2.05) is 0 Å². The summed E-state index contributed by atoms with van der Waals surface area (Å²) in [6.07, 6.45) is 0. The topological polar surface area (TPSA) is 124 Å². The van der Waals surface area contributed by atoms with Crippen molar-refractivity contribution < 1.29 is 24.0 Å². The van der Waals surface area contributed by atoms with Crippen LogP contribution in [0.25, 0.3) is 0 Å². The Morgan fingerprint density at radius 3 is 2.10 bits per heavy atom. The number of nitrogens with zero attached hydrogens (tertiary/aromatic N) is 4. The molecule has 0 saturated carbocycles. The second kappa shape index (κ2) is 9.60. The molecule has 0 aliphatic rings. The molecular formula is C18H17ClN4O6. The molecule has 1 unspecified atom stereocenters. The van der Waals surface area contributed by atoms with E-state index >= 15 is 0 Å². The fourth-order valence-electron chi connectivity index (χ4n) is 2.31. The molecular weight excluding hydrogens is 404 g/mol. The SMILES string of the molecule is COc1cccc(OC)c1N(Cl)C(=O)C(N=Nc1ccc([N+](=O)[O-])cc1)C(C)=O. The number of methoxy groups -OCH3 is 2. The minimum absolute atomic E-state index is 0.112. The molecule has 0 heterocycles. The molecule has 0 spiro atoms. The third-order valence-corrected chi connectivity index (χ3v) is 4.10. The Morgan fingerprint density at radius 2 is 1.66 bits per heavy atom. The second-order valence-electron chi connectivity index (χ2n) is 5.63. The zero-order chi connectivity index (χ0) is 21.6. The molecule has 0 fully saturated rings. The number of hydrogen-bond acceptors (Lipinski definition) is 8. The number of ketones is 1. The Labute approximate surface area is 171 Å². The van der Waals surface area contributed by atoms with Gasteiger partial charge in [0.2, 0.25) is 6.04 Å². The van der Waals surface area contributed by atoms with Crippen LogP contribution in [0, 0.1) is 10.1 Å². The average Bonchev–Trinajstić information content (AvgIpc) is 2.72. The van der Waals surface area contributed by atoms with Gasteiger partial charge in [-0.15, -0.1) is 0 Å². The summed E-state index contributed by atoms with van der Waals surface area (Å²) in [4.78, 5) is 34.9. The summed E-state index contributed by atoms with van der Waals surface area (Å²) in [7, 11) is 2.79. The Balaban J connectivity index is 2.32. The van der Waals surface area contributed by atoms with Crippen molar-refractivity contribution in [1.82, 2.24) is 0 Å². The maximum Gasteiger partial charge on any atom is 0.276 e. The number of azo groups is 1. The van der Waals surface area contributed by atoms with Gasteiger partial charge in [0.1, 0.15) is 17.2 Å². The maximum atomic E-state index is 12.8. The van der Waals surface area contributed by atoms with Gasteiger partial charge in [-0.1, -0.05) is 6.07 Å². The first kappa shape index (κ1) is 21.8. The highest BCUT2D eigenvalue weighted by Gasteiger charge is 2.32. The van der Waals surface area contributed by atoms with Crippen molar-refractivity contribution in [2.24, 2.45) is 10.2 Å². The van der Waals surface area contributed by atoms with Gasteiger partial charge in [0, 0.05) is 23.9 Å². The van der Waals surface area contributed by atoms with Gasteiger partial charge in [-0.2, -0.15) is 10.2 Å². The van der Waals surface area contributed by atoms with Crippen molar-refractivity contribution >= 4 is 40.5 Å². The number of anilines is 1. The largest absolute Gasteiger partial charge is 0.494 e. The van der Waals surface area contributed by atoms with E-state index in [-0.39, 0.29) is 28.6 Å².